The second kappa shape index (κ2) is 6.87. The van der Waals surface area contributed by atoms with Gasteiger partial charge in [-0.3, -0.25) is 10.1 Å². The average molecular weight is 293 g/mol. The van der Waals surface area contributed by atoms with Gasteiger partial charge in [0.05, 0.1) is 11.0 Å². The van der Waals surface area contributed by atoms with Crippen LogP contribution in [-0.2, 0) is 6.54 Å². The SMILES string of the molecule is CCNc1ccc([N+](=O)[O-])cc1CN(C)CC1CC(O)C1. The Kier molecular flexibility index (Phi) is 5.14. The largest absolute Gasteiger partial charge is 0.393 e. The number of hydrogen-bond donors (Lipinski definition) is 2. The summed E-state index contributed by atoms with van der Waals surface area (Å²) in [6.45, 7) is 4.36. The Morgan fingerprint density at radius 3 is 2.76 bits per heavy atom. The van der Waals surface area contributed by atoms with Gasteiger partial charge < -0.3 is 15.3 Å². The molecule has 0 unspecified atom stereocenters. The smallest absolute Gasteiger partial charge is 0.269 e. The normalized spacial score (nSPS) is 21.1. The molecule has 0 radical (unpaired) electrons. The molecule has 21 heavy (non-hydrogen) atoms. The number of nitro benzene ring substituents is 1. The van der Waals surface area contributed by atoms with E-state index in [0.717, 1.165) is 37.2 Å². The molecule has 0 heterocycles. The Morgan fingerprint density at radius 2 is 2.19 bits per heavy atom. The van der Waals surface area contributed by atoms with Crippen LogP contribution < -0.4 is 5.32 Å². The second-order valence-corrected chi connectivity index (χ2v) is 5.82. The van der Waals surface area contributed by atoms with E-state index in [1.165, 1.54) is 6.07 Å². The molecule has 1 aliphatic carbocycles. The topological polar surface area (TPSA) is 78.6 Å². The molecule has 1 aromatic rings. The molecule has 6 nitrogen and oxygen atoms in total. The maximum Gasteiger partial charge on any atom is 0.269 e. The molecule has 1 saturated carbocycles. The predicted molar refractivity (Wildman–Crippen MR) is 82.3 cm³/mol. The highest BCUT2D eigenvalue weighted by Crippen LogP contribution is 2.29. The first kappa shape index (κ1) is 15.7. The van der Waals surface area contributed by atoms with Crippen molar-refractivity contribution in [3.8, 4) is 0 Å². The molecule has 1 fully saturated rings. The van der Waals surface area contributed by atoms with E-state index in [1.54, 1.807) is 12.1 Å². The lowest BCUT2D eigenvalue weighted by Gasteiger charge is -2.34. The second-order valence-electron chi connectivity index (χ2n) is 5.82. The van der Waals surface area contributed by atoms with Crippen molar-refractivity contribution in [3.05, 3.63) is 33.9 Å². The summed E-state index contributed by atoms with van der Waals surface area (Å²) in [6, 6.07) is 4.95. The van der Waals surface area contributed by atoms with E-state index in [0.29, 0.717) is 12.5 Å². The number of non-ortho nitro benzene ring substituents is 1. The molecule has 0 aromatic heterocycles. The van der Waals surface area contributed by atoms with Gasteiger partial charge in [-0.25, -0.2) is 0 Å². The first-order valence-electron chi connectivity index (χ1n) is 7.37. The Labute approximate surface area is 124 Å². The summed E-state index contributed by atoms with van der Waals surface area (Å²) >= 11 is 0. The van der Waals surface area contributed by atoms with Gasteiger partial charge in [0.2, 0.25) is 0 Å². The van der Waals surface area contributed by atoms with E-state index in [-0.39, 0.29) is 16.7 Å². The zero-order valence-corrected chi connectivity index (χ0v) is 12.6. The lowest BCUT2D eigenvalue weighted by molar-refractivity contribution is -0.384. The zero-order chi connectivity index (χ0) is 15.4. The first-order chi connectivity index (χ1) is 9.99. The van der Waals surface area contributed by atoms with Gasteiger partial charge in [0.15, 0.2) is 0 Å². The lowest BCUT2D eigenvalue weighted by atomic mass is 9.82. The third-order valence-corrected chi connectivity index (χ3v) is 3.89. The van der Waals surface area contributed by atoms with Gasteiger partial charge in [-0.2, -0.15) is 0 Å². The summed E-state index contributed by atoms with van der Waals surface area (Å²) < 4.78 is 0. The Balaban J connectivity index is 2.04. The fraction of sp³-hybridized carbons (Fsp3) is 0.600. The molecule has 0 amide bonds. The number of aliphatic hydroxyl groups excluding tert-OH is 1. The van der Waals surface area contributed by atoms with Crippen LogP contribution in [0.2, 0.25) is 0 Å². The lowest BCUT2D eigenvalue weighted by Crippen LogP contribution is -2.36. The van der Waals surface area contributed by atoms with Gasteiger partial charge in [-0.05, 0) is 44.4 Å². The van der Waals surface area contributed by atoms with Crippen LogP contribution in [0.5, 0.6) is 0 Å². The molecule has 0 aliphatic heterocycles. The third kappa shape index (κ3) is 4.15. The van der Waals surface area contributed by atoms with Crippen molar-refractivity contribution in [2.75, 3.05) is 25.5 Å². The van der Waals surface area contributed by atoms with Crippen LogP contribution in [0.25, 0.3) is 0 Å². The Bertz CT molecular complexity index is 501. The van der Waals surface area contributed by atoms with E-state index in [9.17, 15) is 15.2 Å². The van der Waals surface area contributed by atoms with E-state index in [4.69, 9.17) is 0 Å². The molecule has 6 heteroatoms. The predicted octanol–water partition coefficient (Wildman–Crippen LogP) is 2.23. The molecule has 0 saturated heterocycles. The van der Waals surface area contributed by atoms with Crippen molar-refractivity contribution in [2.45, 2.75) is 32.4 Å². The van der Waals surface area contributed by atoms with Gasteiger partial charge in [0.25, 0.3) is 5.69 Å². The minimum Gasteiger partial charge on any atom is -0.393 e. The number of nitrogens with one attached hydrogen (secondary N) is 1. The molecule has 0 atom stereocenters. The van der Waals surface area contributed by atoms with Gasteiger partial charge in [0.1, 0.15) is 0 Å². The van der Waals surface area contributed by atoms with E-state index in [1.807, 2.05) is 14.0 Å². The number of nitrogens with zero attached hydrogens (tertiary/aromatic N) is 2. The standard InChI is InChI=1S/C15H23N3O3/c1-3-16-15-5-4-13(18(20)21)8-12(15)10-17(2)9-11-6-14(19)7-11/h4-5,8,11,14,16,19H,3,6-7,9-10H2,1-2H3. The van der Waals surface area contributed by atoms with Crippen LogP contribution in [0.3, 0.4) is 0 Å². The van der Waals surface area contributed by atoms with Gasteiger partial charge in [-0.1, -0.05) is 0 Å². The summed E-state index contributed by atoms with van der Waals surface area (Å²) in [4.78, 5) is 12.7. The van der Waals surface area contributed by atoms with Crippen LogP contribution in [0.4, 0.5) is 11.4 Å². The van der Waals surface area contributed by atoms with Crippen molar-refractivity contribution in [1.29, 1.82) is 0 Å². The third-order valence-electron chi connectivity index (χ3n) is 3.89. The van der Waals surface area contributed by atoms with Crippen LogP contribution in [0, 0.1) is 16.0 Å². The summed E-state index contributed by atoms with van der Waals surface area (Å²) in [5.41, 5.74) is 2.01. The monoisotopic (exact) mass is 293 g/mol. The van der Waals surface area contributed by atoms with Crippen molar-refractivity contribution in [1.82, 2.24) is 4.90 Å². The highest BCUT2D eigenvalue weighted by molar-refractivity contribution is 5.56. The summed E-state index contributed by atoms with van der Waals surface area (Å²) in [5.74, 6) is 0.534. The molecular weight excluding hydrogens is 270 g/mol. The molecule has 0 spiro atoms. The molecule has 0 bridgehead atoms. The molecule has 2 N–H and O–H groups in total. The molecular formula is C15H23N3O3. The number of anilines is 1. The maximum atomic E-state index is 10.9. The highest BCUT2D eigenvalue weighted by atomic mass is 16.6. The van der Waals surface area contributed by atoms with Gasteiger partial charge in [0, 0.05) is 37.5 Å². The number of aliphatic hydroxyl groups is 1. The number of benzene rings is 1. The average Bonchev–Trinajstić information content (AvgIpc) is 2.39. The maximum absolute atomic E-state index is 10.9. The first-order valence-corrected chi connectivity index (χ1v) is 7.37. The summed E-state index contributed by atoms with van der Waals surface area (Å²) in [6.07, 6.45) is 1.58. The van der Waals surface area contributed by atoms with Gasteiger partial charge >= 0.3 is 0 Å². The van der Waals surface area contributed by atoms with E-state index < -0.39 is 0 Å². The molecule has 2 rings (SSSR count). The van der Waals surface area contributed by atoms with Crippen molar-refractivity contribution >= 4 is 11.4 Å². The number of nitro groups is 1. The van der Waals surface area contributed by atoms with Crippen LogP contribution in [0.1, 0.15) is 25.3 Å². The fourth-order valence-corrected chi connectivity index (χ4v) is 2.83. The number of rotatable bonds is 7. The number of hydrogen-bond acceptors (Lipinski definition) is 5. The quantitative estimate of drug-likeness (QED) is 0.595. The fourth-order valence-electron chi connectivity index (χ4n) is 2.83. The van der Waals surface area contributed by atoms with E-state index in [2.05, 4.69) is 10.2 Å². The van der Waals surface area contributed by atoms with Crippen molar-refractivity contribution in [2.24, 2.45) is 5.92 Å². The minimum atomic E-state index is -0.360. The van der Waals surface area contributed by atoms with E-state index >= 15 is 0 Å². The Hall–Kier alpha value is -1.66. The summed E-state index contributed by atoms with van der Waals surface area (Å²) in [5, 5.41) is 23.5. The van der Waals surface area contributed by atoms with Crippen LogP contribution >= 0.6 is 0 Å². The van der Waals surface area contributed by atoms with Gasteiger partial charge in [-0.15, -0.1) is 0 Å². The minimum absolute atomic E-state index is 0.124. The molecule has 1 aromatic carbocycles. The van der Waals surface area contributed by atoms with Crippen molar-refractivity contribution < 1.29 is 10.0 Å². The summed E-state index contributed by atoms with van der Waals surface area (Å²) in [7, 11) is 2.01. The van der Waals surface area contributed by atoms with Crippen molar-refractivity contribution in [3.63, 3.8) is 0 Å². The highest BCUT2D eigenvalue weighted by Gasteiger charge is 2.28. The van der Waals surface area contributed by atoms with Crippen LogP contribution in [0.15, 0.2) is 18.2 Å². The zero-order valence-electron chi connectivity index (χ0n) is 12.6. The Morgan fingerprint density at radius 1 is 1.48 bits per heavy atom. The van der Waals surface area contributed by atoms with Crippen LogP contribution in [-0.4, -0.2) is 41.2 Å². The molecule has 1 aliphatic rings. The molecule has 116 valence electrons.